The van der Waals surface area contributed by atoms with Crippen LogP contribution in [0, 0.1) is 24.6 Å². The summed E-state index contributed by atoms with van der Waals surface area (Å²) in [6, 6.07) is 5.17. The Morgan fingerprint density at radius 3 is 2.89 bits per heavy atom. The van der Waals surface area contributed by atoms with Crippen molar-refractivity contribution in [3.63, 3.8) is 0 Å². The standard InChI is InChI=1S/C20H19FN4O2/c1-10-2-3-23-7-15(10)14-4-11-6-17(24-8-16(11)19(22)18(14)21)25-20(27)13-5-12(13)9-26/h2-4,6-8,12-13,26H,5,9,22H2,1H3,(H,24,25,27)/t12-,13-/m1/s1. The zero-order chi connectivity index (χ0) is 19.1. The van der Waals surface area contributed by atoms with Gasteiger partial charge in [0.25, 0.3) is 0 Å². The monoisotopic (exact) mass is 366 g/mol. The average Bonchev–Trinajstić information content (AvgIpc) is 3.45. The summed E-state index contributed by atoms with van der Waals surface area (Å²) in [5.41, 5.74) is 7.92. The van der Waals surface area contributed by atoms with Gasteiger partial charge in [0.1, 0.15) is 5.82 Å². The van der Waals surface area contributed by atoms with Gasteiger partial charge in [-0.1, -0.05) is 0 Å². The predicted octanol–water partition coefficient (Wildman–Crippen LogP) is 2.89. The van der Waals surface area contributed by atoms with Crippen LogP contribution in [0.5, 0.6) is 0 Å². The third kappa shape index (κ3) is 3.10. The molecule has 2 atom stereocenters. The van der Waals surface area contributed by atoms with E-state index >= 15 is 0 Å². The van der Waals surface area contributed by atoms with Gasteiger partial charge in [0, 0.05) is 47.6 Å². The normalized spacial score (nSPS) is 18.5. The van der Waals surface area contributed by atoms with E-state index < -0.39 is 5.82 Å². The molecule has 0 saturated heterocycles. The second-order valence-electron chi connectivity index (χ2n) is 6.91. The number of amides is 1. The first-order chi connectivity index (χ1) is 13.0. The molecular weight excluding hydrogens is 347 g/mol. The molecule has 1 saturated carbocycles. The van der Waals surface area contributed by atoms with Crippen LogP contribution in [-0.4, -0.2) is 27.6 Å². The van der Waals surface area contributed by atoms with Crippen molar-refractivity contribution >= 4 is 28.2 Å². The fourth-order valence-electron chi connectivity index (χ4n) is 3.30. The van der Waals surface area contributed by atoms with E-state index in [4.69, 9.17) is 10.8 Å². The third-order valence-electron chi connectivity index (χ3n) is 5.07. The van der Waals surface area contributed by atoms with Gasteiger partial charge in [-0.25, -0.2) is 9.37 Å². The quantitative estimate of drug-likeness (QED) is 0.617. The zero-order valence-corrected chi connectivity index (χ0v) is 14.7. The first-order valence-corrected chi connectivity index (χ1v) is 8.70. The number of anilines is 2. The highest BCUT2D eigenvalue weighted by Crippen LogP contribution is 2.39. The first-order valence-electron chi connectivity index (χ1n) is 8.70. The molecule has 4 N–H and O–H groups in total. The fourth-order valence-corrected chi connectivity index (χ4v) is 3.30. The molecule has 6 nitrogen and oxygen atoms in total. The van der Waals surface area contributed by atoms with E-state index in [-0.39, 0.29) is 30.0 Å². The van der Waals surface area contributed by atoms with Gasteiger partial charge in [0.05, 0.1) is 5.69 Å². The second-order valence-corrected chi connectivity index (χ2v) is 6.91. The summed E-state index contributed by atoms with van der Waals surface area (Å²) >= 11 is 0. The lowest BCUT2D eigenvalue weighted by molar-refractivity contribution is -0.117. The third-order valence-corrected chi connectivity index (χ3v) is 5.07. The molecule has 0 bridgehead atoms. The number of benzene rings is 1. The van der Waals surface area contributed by atoms with E-state index in [9.17, 15) is 9.18 Å². The van der Waals surface area contributed by atoms with Crippen molar-refractivity contribution in [2.45, 2.75) is 13.3 Å². The second kappa shape index (κ2) is 6.59. The van der Waals surface area contributed by atoms with Crippen molar-refractivity contribution in [1.29, 1.82) is 0 Å². The van der Waals surface area contributed by atoms with Gasteiger partial charge >= 0.3 is 0 Å². The molecule has 1 aromatic carbocycles. The minimum atomic E-state index is -0.513. The molecule has 1 aliphatic carbocycles. The summed E-state index contributed by atoms with van der Waals surface area (Å²) in [5.74, 6) is -0.467. The molecule has 4 rings (SSSR count). The van der Waals surface area contributed by atoms with Crippen LogP contribution in [0.25, 0.3) is 21.9 Å². The number of nitrogens with one attached hydrogen (secondary N) is 1. The fraction of sp³-hybridized carbons (Fsp3) is 0.250. The van der Waals surface area contributed by atoms with Crippen LogP contribution in [0.15, 0.2) is 36.8 Å². The molecule has 7 heteroatoms. The number of aryl methyl sites for hydroxylation is 1. The number of nitrogens with two attached hydrogens (primary N) is 1. The summed E-state index contributed by atoms with van der Waals surface area (Å²) in [5, 5.41) is 13.0. The molecule has 2 heterocycles. The molecule has 0 unspecified atom stereocenters. The van der Waals surface area contributed by atoms with Gasteiger partial charge in [-0.05, 0) is 48.4 Å². The van der Waals surface area contributed by atoms with Crippen LogP contribution in [0.4, 0.5) is 15.9 Å². The Hall–Kier alpha value is -3.06. The average molecular weight is 366 g/mol. The van der Waals surface area contributed by atoms with E-state index in [1.54, 1.807) is 30.6 Å². The molecule has 138 valence electrons. The Labute approximate surface area is 155 Å². The van der Waals surface area contributed by atoms with Crippen molar-refractivity contribution in [2.24, 2.45) is 11.8 Å². The molecule has 2 aromatic heterocycles. The molecule has 1 amide bonds. The van der Waals surface area contributed by atoms with Gasteiger partial charge in [0.2, 0.25) is 5.91 Å². The number of hydrogen-bond donors (Lipinski definition) is 3. The summed E-state index contributed by atoms with van der Waals surface area (Å²) in [6.45, 7) is 1.88. The van der Waals surface area contributed by atoms with E-state index in [0.29, 0.717) is 34.1 Å². The lowest BCUT2D eigenvalue weighted by Crippen LogP contribution is -2.16. The van der Waals surface area contributed by atoms with Gasteiger partial charge in [-0.3, -0.25) is 9.78 Å². The number of aliphatic hydroxyl groups is 1. The highest BCUT2D eigenvalue weighted by Gasteiger charge is 2.42. The van der Waals surface area contributed by atoms with E-state index in [1.165, 1.54) is 6.20 Å². The zero-order valence-electron chi connectivity index (χ0n) is 14.7. The topological polar surface area (TPSA) is 101 Å². The van der Waals surface area contributed by atoms with Gasteiger partial charge in [-0.2, -0.15) is 0 Å². The van der Waals surface area contributed by atoms with Gasteiger partial charge in [-0.15, -0.1) is 0 Å². The minimum absolute atomic E-state index is 0.00681. The number of halogens is 1. The number of fused-ring (bicyclic) bond motifs is 1. The van der Waals surface area contributed by atoms with Crippen LogP contribution in [0.2, 0.25) is 0 Å². The highest BCUT2D eigenvalue weighted by atomic mass is 19.1. The van der Waals surface area contributed by atoms with Gasteiger partial charge < -0.3 is 16.2 Å². The maximum absolute atomic E-state index is 14.8. The number of aromatic nitrogens is 2. The van der Waals surface area contributed by atoms with Crippen LogP contribution in [0.3, 0.4) is 0 Å². The van der Waals surface area contributed by atoms with Crippen molar-refractivity contribution in [1.82, 2.24) is 9.97 Å². The lowest BCUT2D eigenvalue weighted by Gasteiger charge is -2.12. The summed E-state index contributed by atoms with van der Waals surface area (Å²) < 4.78 is 14.8. The van der Waals surface area contributed by atoms with Crippen LogP contribution >= 0.6 is 0 Å². The SMILES string of the molecule is Cc1ccncc1-c1cc2cc(NC(=O)[C@@H]3C[C@@H]3CO)ncc2c(N)c1F. The number of aliphatic hydroxyl groups excluding tert-OH is 1. The highest BCUT2D eigenvalue weighted by molar-refractivity contribution is 6.00. The predicted molar refractivity (Wildman–Crippen MR) is 101 cm³/mol. The number of hydrogen-bond acceptors (Lipinski definition) is 5. The maximum Gasteiger partial charge on any atom is 0.229 e. The van der Waals surface area contributed by atoms with Crippen molar-refractivity contribution in [2.75, 3.05) is 17.7 Å². The molecule has 0 spiro atoms. The lowest BCUT2D eigenvalue weighted by atomic mass is 9.98. The number of pyridine rings is 2. The number of carbonyl (C=O) groups excluding carboxylic acids is 1. The number of rotatable bonds is 4. The molecule has 0 radical (unpaired) electrons. The Morgan fingerprint density at radius 2 is 2.19 bits per heavy atom. The summed E-state index contributed by atoms with van der Waals surface area (Å²) in [4.78, 5) is 20.4. The molecule has 1 aliphatic rings. The van der Waals surface area contributed by atoms with Crippen molar-refractivity contribution in [3.8, 4) is 11.1 Å². The number of carbonyl (C=O) groups is 1. The first kappa shape index (κ1) is 17.4. The van der Waals surface area contributed by atoms with E-state index in [0.717, 1.165) is 5.56 Å². The van der Waals surface area contributed by atoms with Gasteiger partial charge in [0.15, 0.2) is 5.82 Å². The molecule has 1 fully saturated rings. The van der Waals surface area contributed by atoms with Crippen molar-refractivity contribution in [3.05, 3.63) is 48.2 Å². The molecule has 0 aliphatic heterocycles. The number of nitrogens with zero attached hydrogens (tertiary/aromatic N) is 2. The summed E-state index contributed by atoms with van der Waals surface area (Å²) in [7, 11) is 0. The largest absolute Gasteiger partial charge is 0.396 e. The minimum Gasteiger partial charge on any atom is -0.396 e. The smallest absolute Gasteiger partial charge is 0.229 e. The van der Waals surface area contributed by atoms with E-state index in [2.05, 4.69) is 15.3 Å². The Morgan fingerprint density at radius 1 is 1.37 bits per heavy atom. The van der Waals surface area contributed by atoms with E-state index in [1.807, 2.05) is 6.92 Å². The Bertz CT molecular complexity index is 1050. The molecule has 3 aromatic rings. The van der Waals surface area contributed by atoms with Crippen LogP contribution in [-0.2, 0) is 4.79 Å². The maximum atomic E-state index is 14.8. The molecular formula is C20H19FN4O2. The Kier molecular flexibility index (Phi) is 4.24. The number of nitrogen functional groups attached to an aromatic ring is 1. The van der Waals surface area contributed by atoms with Crippen molar-refractivity contribution < 1.29 is 14.3 Å². The Balaban J connectivity index is 1.73. The van der Waals surface area contributed by atoms with Crippen LogP contribution in [0.1, 0.15) is 12.0 Å². The molecule has 27 heavy (non-hydrogen) atoms. The van der Waals surface area contributed by atoms with Crippen LogP contribution < -0.4 is 11.1 Å². The summed E-state index contributed by atoms with van der Waals surface area (Å²) in [6.07, 6.45) is 5.39.